The van der Waals surface area contributed by atoms with E-state index >= 15 is 0 Å². The number of Topliss-reactive ketones (excluding diaryl/α,β-unsaturated/α-hetero) is 1. The largest absolute Gasteiger partial charge is 0.356 e. The summed E-state index contributed by atoms with van der Waals surface area (Å²) in [6.45, 7) is 5.74. The van der Waals surface area contributed by atoms with Gasteiger partial charge >= 0.3 is 0 Å². The molecule has 0 spiro atoms. The minimum Gasteiger partial charge on any atom is -0.356 e. The van der Waals surface area contributed by atoms with Crippen LogP contribution >= 0.6 is 11.6 Å². The molecule has 2 rings (SSSR count). The smallest absolute Gasteiger partial charge is 0.169 e. The zero-order valence-electron chi connectivity index (χ0n) is 9.66. The maximum absolute atomic E-state index is 11.9. The Hall–Kier alpha value is -0.860. The van der Waals surface area contributed by atoms with E-state index in [1.54, 1.807) is 0 Å². The van der Waals surface area contributed by atoms with Gasteiger partial charge in [-0.25, -0.2) is 0 Å². The number of ether oxygens (including phenoxy) is 1. The van der Waals surface area contributed by atoms with Crippen LogP contribution in [0.15, 0.2) is 24.3 Å². The van der Waals surface area contributed by atoms with Gasteiger partial charge in [-0.15, -0.1) is 0 Å². The number of ketones is 1. The number of halogens is 1. The molecule has 0 saturated carbocycles. The second kappa shape index (κ2) is 3.86. The van der Waals surface area contributed by atoms with Crippen LogP contribution in [-0.2, 0) is 9.53 Å². The van der Waals surface area contributed by atoms with Crippen LogP contribution in [0.3, 0.4) is 0 Å². The summed E-state index contributed by atoms with van der Waals surface area (Å²) in [7, 11) is 0. The quantitative estimate of drug-likeness (QED) is 0.739. The molecule has 0 N–H and O–H groups in total. The molecule has 1 aliphatic heterocycles. The van der Waals surface area contributed by atoms with E-state index in [4.69, 9.17) is 16.3 Å². The van der Waals surface area contributed by atoms with Gasteiger partial charge in [0.15, 0.2) is 5.78 Å². The molecule has 1 aromatic carbocycles. The number of epoxide rings is 1. The van der Waals surface area contributed by atoms with Gasteiger partial charge in [-0.1, -0.05) is 44.5 Å². The molecule has 0 amide bonds. The maximum Gasteiger partial charge on any atom is 0.169 e. The Kier molecular flexibility index (Phi) is 2.81. The van der Waals surface area contributed by atoms with Crippen molar-refractivity contribution in [2.75, 3.05) is 0 Å². The minimum absolute atomic E-state index is 0.0796. The number of hydrogen-bond donors (Lipinski definition) is 0. The van der Waals surface area contributed by atoms with Crippen molar-refractivity contribution in [1.29, 1.82) is 0 Å². The molecule has 0 aliphatic carbocycles. The molecule has 1 saturated heterocycles. The molecule has 0 bridgehead atoms. The van der Waals surface area contributed by atoms with Crippen LogP contribution in [0.2, 0.25) is 5.02 Å². The summed E-state index contributed by atoms with van der Waals surface area (Å²) < 4.78 is 5.44. The molecule has 2 atom stereocenters. The minimum atomic E-state index is -0.341. The van der Waals surface area contributed by atoms with Gasteiger partial charge in [-0.3, -0.25) is 4.79 Å². The molecule has 2 nitrogen and oxygen atoms in total. The molecule has 1 aliphatic rings. The van der Waals surface area contributed by atoms with E-state index in [-0.39, 0.29) is 23.4 Å². The monoisotopic (exact) mass is 238 g/mol. The highest BCUT2D eigenvalue weighted by Crippen LogP contribution is 2.42. The number of benzene rings is 1. The van der Waals surface area contributed by atoms with Crippen molar-refractivity contribution >= 4 is 17.4 Å². The first-order valence-electron chi connectivity index (χ1n) is 5.35. The number of rotatable bonds is 2. The fourth-order valence-corrected chi connectivity index (χ4v) is 1.77. The summed E-state index contributed by atoms with van der Waals surface area (Å²) in [4.78, 5) is 11.9. The fraction of sp³-hybridized carbons (Fsp3) is 0.462. The summed E-state index contributed by atoms with van der Waals surface area (Å²) in [5.41, 5.74) is 0.679. The van der Waals surface area contributed by atoms with Crippen molar-refractivity contribution in [3.8, 4) is 0 Å². The topological polar surface area (TPSA) is 29.6 Å². The Balaban J connectivity index is 2.07. The SMILES string of the molecule is CC(C)(C)C(=O)C1OC1c1ccc(Cl)cc1. The Morgan fingerprint density at radius 3 is 2.31 bits per heavy atom. The van der Waals surface area contributed by atoms with E-state index in [1.807, 2.05) is 45.0 Å². The fourth-order valence-electron chi connectivity index (χ4n) is 1.64. The molecular formula is C13H15ClO2. The highest BCUT2D eigenvalue weighted by Gasteiger charge is 2.49. The van der Waals surface area contributed by atoms with Gasteiger partial charge in [0.25, 0.3) is 0 Å². The second-order valence-electron chi connectivity index (χ2n) is 5.14. The summed E-state index contributed by atoms with van der Waals surface area (Å²) in [6, 6.07) is 7.44. The molecule has 3 heteroatoms. The predicted molar refractivity (Wildman–Crippen MR) is 63.5 cm³/mol. The molecule has 0 aromatic heterocycles. The first kappa shape index (κ1) is 11.6. The molecule has 86 valence electrons. The number of carbonyl (C=O) groups excluding carboxylic acids is 1. The number of hydrogen-bond acceptors (Lipinski definition) is 2. The van der Waals surface area contributed by atoms with Crippen molar-refractivity contribution in [3.63, 3.8) is 0 Å². The van der Waals surface area contributed by atoms with Crippen molar-refractivity contribution in [3.05, 3.63) is 34.9 Å². The van der Waals surface area contributed by atoms with E-state index < -0.39 is 0 Å². The van der Waals surface area contributed by atoms with E-state index in [1.165, 1.54) is 0 Å². The summed E-state index contributed by atoms with van der Waals surface area (Å²) in [6.07, 6.45) is -0.356. The van der Waals surface area contributed by atoms with Gasteiger partial charge in [-0.2, -0.15) is 0 Å². The Morgan fingerprint density at radius 1 is 1.25 bits per heavy atom. The predicted octanol–water partition coefficient (Wildman–Crippen LogP) is 3.40. The van der Waals surface area contributed by atoms with Crippen LogP contribution < -0.4 is 0 Å². The molecule has 2 unspecified atom stereocenters. The van der Waals surface area contributed by atoms with Crippen LogP contribution in [0.25, 0.3) is 0 Å². The zero-order valence-corrected chi connectivity index (χ0v) is 10.4. The van der Waals surface area contributed by atoms with Crippen molar-refractivity contribution < 1.29 is 9.53 Å². The Morgan fingerprint density at radius 2 is 1.81 bits per heavy atom. The molecule has 16 heavy (non-hydrogen) atoms. The third kappa shape index (κ3) is 2.28. The van der Waals surface area contributed by atoms with Gasteiger partial charge in [0.2, 0.25) is 0 Å². The number of carbonyl (C=O) groups is 1. The van der Waals surface area contributed by atoms with E-state index in [0.717, 1.165) is 5.56 Å². The molecule has 1 heterocycles. The van der Waals surface area contributed by atoms with Crippen molar-refractivity contribution in [1.82, 2.24) is 0 Å². The average molecular weight is 239 g/mol. The molecule has 1 aromatic rings. The van der Waals surface area contributed by atoms with Gasteiger partial charge in [0, 0.05) is 10.4 Å². The maximum atomic E-state index is 11.9. The standard InChI is InChI=1S/C13H15ClO2/c1-13(2,3)12(15)11-10(16-11)8-4-6-9(14)7-5-8/h4-7,10-11H,1-3H3. The van der Waals surface area contributed by atoms with Crippen molar-refractivity contribution in [2.45, 2.75) is 33.0 Å². The lowest BCUT2D eigenvalue weighted by atomic mass is 9.87. The highest BCUT2D eigenvalue weighted by molar-refractivity contribution is 6.30. The molecule has 1 fully saturated rings. The average Bonchev–Trinajstić information content (AvgIpc) is 2.96. The third-order valence-corrected chi connectivity index (χ3v) is 2.94. The highest BCUT2D eigenvalue weighted by atomic mass is 35.5. The van der Waals surface area contributed by atoms with E-state index in [9.17, 15) is 4.79 Å². The van der Waals surface area contributed by atoms with Gasteiger partial charge in [0.1, 0.15) is 12.2 Å². The van der Waals surface area contributed by atoms with Crippen LogP contribution in [0, 0.1) is 5.41 Å². The van der Waals surface area contributed by atoms with Gasteiger partial charge < -0.3 is 4.74 Å². The van der Waals surface area contributed by atoms with Crippen molar-refractivity contribution in [2.24, 2.45) is 5.41 Å². The van der Waals surface area contributed by atoms with Gasteiger partial charge in [-0.05, 0) is 17.7 Å². The van der Waals surface area contributed by atoms with Crippen LogP contribution in [0.5, 0.6) is 0 Å². The summed E-state index contributed by atoms with van der Waals surface area (Å²) in [5, 5.41) is 0.697. The van der Waals surface area contributed by atoms with Crippen LogP contribution in [0.4, 0.5) is 0 Å². The third-order valence-electron chi connectivity index (χ3n) is 2.69. The Labute approximate surface area is 101 Å². The lowest BCUT2D eigenvalue weighted by Gasteiger charge is -2.14. The lowest BCUT2D eigenvalue weighted by molar-refractivity contribution is -0.127. The Bertz CT molecular complexity index is 403. The van der Waals surface area contributed by atoms with Crippen LogP contribution in [0.1, 0.15) is 32.4 Å². The normalized spacial score (nSPS) is 24.2. The first-order chi connectivity index (χ1) is 7.39. The molecular weight excluding hydrogens is 224 g/mol. The second-order valence-corrected chi connectivity index (χ2v) is 5.58. The van der Waals surface area contributed by atoms with E-state index in [2.05, 4.69) is 0 Å². The van der Waals surface area contributed by atoms with Crippen LogP contribution in [-0.4, -0.2) is 11.9 Å². The zero-order chi connectivity index (χ0) is 11.9. The molecule has 0 radical (unpaired) electrons. The lowest BCUT2D eigenvalue weighted by Crippen LogP contribution is -2.25. The summed E-state index contributed by atoms with van der Waals surface area (Å²) in [5.74, 6) is 0.160. The summed E-state index contributed by atoms with van der Waals surface area (Å²) >= 11 is 5.80. The van der Waals surface area contributed by atoms with E-state index in [0.29, 0.717) is 5.02 Å². The van der Waals surface area contributed by atoms with Gasteiger partial charge in [0.05, 0.1) is 0 Å². The first-order valence-corrected chi connectivity index (χ1v) is 5.72.